The number of halogens is 4. The van der Waals surface area contributed by atoms with Gasteiger partial charge in [0.25, 0.3) is 0 Å². The fourth-order valence-corrected chi connectivity index (χ4v) is 3.42. The number of rotatable bonds is 6. The molecular weight excluding hydrogens is 470 g/mol. The fraction of sp³-hybridized carbons (Fsp3) is 0.207. The zero-order valence-corrected chi connectivity index (χ0v) is 19.8. The molecule has 0 fully saturated rings. The third-order valence-electron chi connectivity index (χ3n) is 5.15. The molecule has 0 unspecified atom stereocenters. The molecule has 6 heteroatoms. The highest BCUT2D eigenvalue weighted by Crippen LogP contribution is 2.29. The average Bonchev–Trinajstić information content (AvgIpc) is 2.84. The summed E-state index contributed by atoms with van der Waals surface area (Å²) in [4.78, 5) is 3.39. The van der Waals surface area contributed by atoms with Gasteiger partial charge in [0, 0.05) is 17.5 Å². The molecular formula is C29H21F4NS. The van der Waals surface area contributed by atoms with E-state index in [1.165, 1.54) is 0 Å². The Morgan fingerprint density at radius 3 is 1.94 bits per heavy atom. The zero-order valence-electron chi connectivity index (χ0n) is 19.0. The van der Waals surface area contributed by atoms with Crippen molar-refractivity contribution < 1.29 is 17.6 Å². The van der Waals surface area contributed by atoms with Gasteiger partial charge < -0.3 is 0 Å². The standard InChI is InChI=1S/C29H21F4NS/c1-2-3-4-5-6-7-8-24-25(30)15-21(16-26(24)31)10-9-20-11-13-22(14-12-20)23-17-27(32)29(34-19-35)28(33)18-23/h11-18H,2-6H2,1H3. The van der Waals surface area contributed by atoms with Crippen molar-refractivity contribution >= 4 is 23.1 Å². The van der Waals surface area contributed by atoms with Gasteiger partial charge in [-0.15, -0.1) is 0 Å². The Kier molecular flexibility index (Phi) is 9.39. The van der Waals surface area contributed by atoms with Crippen molar-refractivity contribution in [3.05, 3.63) is 88.5 Å². The Morgan fingerprint density at radius 2 is 1.34 bits per heavy atom. The second kappa shape index (κ2) is 12.7. The summed E-state index contributed by atoms with van der Waals surface area (Å²) in [5, 5.41) is 1.95. The third-order valence-corrected chi connectivity index (χ3v) is 5.25. The molecule has 0 aliphatic rings. The summed E-state index contributed by atoms with van der Waals surface area (Å²) >= 11 is 4.40. The highest BCUT2D eigenvalue weighted by molar-refractivity contribution is 7.78. The Bertz CT molecular complexity index is 1340. The number of hydrogen-bond acceptors (Lipinski definition) is 2. The fourth-order valence-electron chi connectivity index (χ4n) is 3.33. The van der Waals surface area contributed by atoms with Gasteiger partial charge in [-0.3, -0.25) is 0 Å². The van der Waals surface area contributed by atoms with Crippen LogP contribution in [-0.4, -0.2) is 5.16 Å². The van der Waals surface area contributed by atoms with Gasteiger partial charge in [0.2, 0.25) is 0 Å². The number of benzene rings is 3. The van der Waals surface area contributed by atoms with Crippen LogP contribution in [0.5, 0.6) is 0 Å². The van der Waals surface area contributed by atoms with E-state index in [0.717, 1.165) is 49.9 Å². The predicted octanol–water partition coefficient (Wildman–Crippen LogP) is 8.37. The smallest absolute Gasteiger partial charge is 0.153 e. The van der Waals surface area contributed by atoms with Gasteiger partial charge in [0.15, 0.2) is 11.6 Å². The first-order valence-corrected chi connectivity index (χ1v) is 11.5. The van der Waals surface area contributed by atoms with Crippen LogP contribution >= 0.6 is 12.2 Å². The maximum Gasteiger partial charge on any atom is 0.153 e. The van der Waals surface area contributed by atoms with Crippen molar-refractivity contribution in [2.24, 2.45) is 4.99 Å². The molecule has 0 amide bonds. The van der Waals surface area contributed by atoms with E-state index in [9.17, 15) is 17.6 Å². The SMILES string of the molecule is CCCCCCC#Cc1c(F)cc(C#Cc2ccc(-c3cc(F)c(N=C=S)c(F)c3)cc2)cc1F. The van der Waals surface area contributed by atoms with Crippen molar-refractivity contribution in [3.8, 4) is 34.8 Å². The number of nitrogens with zero attached hydrogens (tertiary/aromatic N) is 1. The molecule has 176 valence electrons. The molecule has 0 saturated carbocycles. The second-order valence-corrected chi connectivity index (χ2v) is 7.93. The molecule has 0 heterocycles. The number of isothiocyanates is 1. The van der Waals surface area contributed by atoms with Crippen molar-refractivity contribution in [3.63, 3.8) is 0 Å². The minimum Gasteiger partial charge on any atom is -0.205 e. The monoisotopic (exact) mass is 491 g/mol. The molecule has 0 aromatic heterocycles. The van der Waals surface area contributed by atoms with Crippen molar-refractivity contribution in [2.75, 3.05) is 0 Å². The van der Waals surface area contributed by atoms with Crippen LogP contribution in [0.2, 0.25) is 0 Å². The minimum absolute atomic E-state index is 0.177. The maximum absolute atomic E-state index is 14.4. The molecule has 3 aromatic rings. The molecule has 0 aliphatic carbocycles. The van der Waals surface area contributed by atoms with Crippen LogP contribution in [0.25, 0.3) is 11.1 Å². The van der Waals surface area contributed by atoms with Crippen LogP contribution < -0.4 is 0 Å². The molecule has 0 saturated heterocycles. The topological polar surface area (TPSA) is 12.4 Å². The van der Waals surface area contributed by atoms with Gasteiger partial charge >= 0.3 is 0 Å². The molecule has 0 N–H and O–H groups in total. The van der Waals surface area contributed by atoms with Crippen molar-refractivity contribution in [2.45, 2.75) is 39.0 Å². The normalized spacial score (nSPS) is 9.97. The number of thiocarbonyl (C=S) groups is 1. The second-order valence-electron chi connectivity index (χ2n) is 7.75. The summed E-state index contributed by atoms with van der Waals surface area (Å²) in [6.07, 6.45) is 4.79. The van der Waals surface area contributed by atoms with Crippen molar-refractivity contribution in [1.29, 1.82) is 0 Å². The lowest BCUT2D eigenvalue weighted by molar-refractivity contribution is 0.576. The first kappa shape index (κ1) is 25.9. The average molecular weight is 492 g/mol. The van der Waals surface area contributed by atoms with Crippen LogP contribution in [-0.2, 0) is 0 Å². The Hall–Kier alpha value is -3.70. The molecule has 3 rings (SSSR count). The van der Waals surface area contributed by atoms with Crippen LogP contribution in [0.3, 0.4) is 0 Å². The van der Waals surface area contributed by atoms with Gasteiger partial charge in [0.1, 0.15) is 17.3 Å². The van der Waals surface area contributed by atoms with E-state index in [0.29, 0.717) is 23.1 Å². The number of unbranched alkanes of at least 4 members (excludes halogenated alkanes) is 4. The molecule has 0 aliphatic heterocycles. The lowest BCUT2D eigenvalue weighted by Crippen LogP contribution is -1.92. The first-order chi connectivity index (χ1) is 16.9. The quantitative estimate of drug-likeness (QED) is 0.111. The Morgan fingerprint density at radius 1 is 0.714 bits per heavy atom. The molecule has 0 atom stereocenters. The molecule has 1 nitrogen and oxygen atoms in total. The van der Waals surface area contributed by atoms with E-state index in [-0.39, 0.29) is 11.1 Å². The Labute approximate surface area is 207 Å². The van der Waals surface area contributed by atoms with E-state index in [4.69, 9.17) is 0 Å². The third kappa shape index (κ3) is 7.14. The van der Waals surface area contributed by atoms with E-state index < -0.39 is 29.0 Å². The summed E-state index contributed by atoms with van der Waals surface area (Å²) in [6.45, 7) is 2.11. The molecule has 0 radical (unpaired) electrons. The molecule has 3 aromatic carbocycles. The van der Waals surface area contributed by atoms with Gasteiger partial charge in [-0.2, -0.15) is 4.99 Å². The first-order valence-electron chi connectivity index (χ1n) is 11.1. The Balaban J connectivity index is 1.74. The lowest BCUT2D eigenvalue weighted by atomic mass is 10.0. The molecule has 35 heavy (non-hydrogen) atoms. The summed E-state index contributed by atoms with van der Waals surface area (Å²) in [5.41, 5.74) is 0.867. The lowest BCUT2D eigenvalue weighted by Gasteiger charge is -2.05. The van der Waals surface area contributed by atoms with E-state index in [1.54, 1.807) is 24.3 Å². The van der Waals surface area contributed by atoms with Gasteiger partial charge in [-0.05, 0) is 66.2 Å². The molecule has 0 bridgehead atoms. The van der Waals surface area contributed by atoms with Crippen molar-refractivity contribution in [1.82, 2.24) is 0 Å². The van der Waals surface area contributed by atoms with Crippen LogP contribution in [0, 0.1) is 47.0 Å². The van der Waals surface area contributed by atoms with Gasteiger partial charge in [-0.1, -0.05) is 62.0 Å². The highest BCUT2D eigenvalue weighted by Gasteiger charge is 2.11. The van der Waals surface area contributed by atoms with Gasteiger partial charge in [0.05, 0.1) is 10.7 Å². The summed E-state index contributed by atoms with van der Waals surface area (Å²) in [6, 6.07) is 11.2. The van der Waals surface area contributed by atoms with Crippen LogP contribution in [0.15, 0.2) is 53.5 Å². The zero-order chi connectivity index (χ0) is 25.2. The van der Waals surface area contributed by atoms with Crippen LogP contribution in [0.4, 0.5) is 23.2 Å². The molecule has 0 spiro atoms. The summed E-state index contributed by atoms with van der Waals surface area (Å²) in [5.74, 6) is 7.76. The summed E-state index contributed by atoms with van der Waals surface area (Å²) < 4.78 is 56.9. The maximum atomic E-state index is 14.4. The van der Waals surface area contributed by atoms with E-state index >= 15 is 0 Å². The van der Waals surface area contributed by atoms with E-state index in [1.807, 2.05) is 5.16 Å². The predicted molar refractivity (Wildman–Crippen MR) is 134 cm³/mol. The largest absolute Gasteiger partial charge is 0.205 e. The van der Waals surface area contributed by atoms with E-state index in [2.05, 4.69) is 47.8 Å². The number of hydrogen-bond donors (Lipinski definition) is 0. The number of aliphatic imine (C=N–C) groups is 1. The minimum atomic E-state index is -0.852. The summed E-state index contributed by atoms with van der Waals surface area (Å²) in [7, 11) is 0. The highest BCUT2D eigenvalue weighted by atomic mass is 32.1. The van der Waals surface area contributed by atoms with Crippen LogP contribution in [0.1, 0.15) is 55.7 Å². The van der Waals surface area contributed by atoms with Gasteiger partial charge in [-0.25, -0.2) is 17.6 Å².